The highest BCUT2D eigenvalue weighted by Crippen LogP contribution is 2.28. The first kappa shape index (κ1) is 25.8. The van der Waals surface area contributed by atoms with Crippen molar-refractivity contribution in [2.45, 2.75) is 39.3 Å². The molecule has 31 heavy (non-hydrogen) atoms. The van der Waals surface area contributed by atoms with Gasteiger partial charge in [0.2, 0.25) is 5.91 Å². The predicted octanol–water partition coefficient (Wildman–Crippen LogP) is 6.12. The number of rotatable bonds is 10. The monoisotopic (exact) mass is 548 g/mol. The lowest BCUT2D eigenvalue weighted by atomic mass is 10.1. The molecule has 2 aromatic carbocycles. The summed E-state index contributed by atoms with van der Waals surface area (Å²) in [6.07, 6.45) is 1.24. The lowest BCUT2D eigenvalue weighted by molar-refractivity contribution is -0.143. The summed E-state index contributed by atoms with van der Waals surface area (Å²) in [5.74, 6) is -0.0764. The molecule has 0 heterocycles. The number of nitrogens with zero attached hydrogens (tertiary/aromatic N) is 1. The Kier molecular flexibility index (Phi) is 10.4. The minimum Gasteiger partial charge on any atom is -0.483 e. The van der Waals surface area contributed by atoms with Gasteiger partial charge in [0.05, 0.1) is 4.47 Å². The molecule has 2 rings (SSSR count). The van der Waals surface area contributed by atoms with Gasteiger partial charge in [0.25, 0.3) is 5.91 Å². The van der Waals surface area contributed by atoms with Gasteiger partial charge in [0.1, 0.15) is 11.8 Å². The smallest absolute Gasteiger partial charge is 0.261 e. The molecule has 0 aromatic heterocycles. The molecule has 0 unspecified atom stereocenters. The van der Waals surface area contributed by atoms with Crippen molar-refractivity contribution in [1.29, 1.82) is 0 Å². The van der Waals surface area contributed by atoms with Crippen molar-refractivity contribution in [2.75, 3.05) is 13.2 Å². The van der Waals surface area contributed by atoms with Crippen LogP contribution in [0.5, 0.6) is 5.75 Å². The molecule has 2 aromatic rings. The van der Waals surface area contributed by atoms with Crippen LogP contribution in [-0.2, 0) is 16.1 Å². The third-order valence-corrected chi connectivity index (χ3v) is 5.98. The third kappa shape index (κ3) is 7.56. The Morgan fingerprint density at radius 1 is 1.10 bits per heavy atom. The molecule has 1 atom stereocenters. The predicted molar refractivity (Wildman–Crippen MR) is 129 cm³/mol. The summed E-state index contributed by atoms with van der Waals surface area (Å²) in [4.78, 5) is 27.4. The zero-order chi connectivity index (χ0) is 23.0. The number of carbonyl (C=O) groups excluding carboxylic acids is 2. The maximum absolute atomic E-state index is 13.2. The van der Waals surface area contributed by atoms with E-state index in [1.807, 2.05) is 13.8 Å². The van der Waals surface area contributed by atoms with Crippen molar-refractivity contribution < 1.29 is 14.3 Å². The van der Waals surface area contributed by atoms with Crippen LogP contribution >= 0.6 is 50.7 Å². The zero-order valence-electron chi connectivity index (χ0n) is 17.3. The van der Waals surface area contributed by atoms with Crippen LogP contribution in [0.2, 0.25) is 15.1 Å². The van der Waals surface area contributed by atoms with Gasteiger partial charge in [-0.15, -0.1) is 0 Å². The number of hydrogen-bond donors (Lipinski definition) is 1. The standard InChI is InChI=1S/C22H24BrCl3N2O3/c1-3-9-27-22(30)19(4-2)28(12-14-5-6-16(25)11-18(14)26)21(29)13-31-20-8-7-15(24)10-17(20)23/h5-8,10-11,19H,3-4,9,12-13H2,1-2H3,(H,27,30)/t19-/m0/s1. The number of amides is 2. The molecule has 0 aliphatic heterocycles. The molecule has 0 saturated carbocycles. The molecule has 2 amide bonds. The molecule has 0 spiro atoms. The summed E-state index contributed by atoms with van der Waals surface area (Å²) < 4.78 is 6.33. The normalized spacial score (nSPS) is 11.7. The van der Waals surface area contributed by atoms with E-state index in [2.05, 4.69) is 21.2 Å². The maximum Gasteiger partial charge on any atom is 0.261 e. The SMILES string of the molecule is CCCNC(=O)[C@H](CC)N(Cc1ccc(Cl)cc1Cl)C(=O)COc1ccc(Cl)cc1Br. The number of benzene rings is 2. The second-order valence-electron chi connectivity index (χ2n) is 6.84. The zero-order valence-corrected chi connectivity index (χ0v) is 21.1. The molecule has 0 radical (unpaired) electrons. The number of hydrogen-bond acceptors (Lipinski definition) is 3. The highest BCUT2D eigenvalue weighted by molar-refractivity contribution is 9.10. The first-order valence-corrected chi connectivity index (χ1v) is 11.8. The van der Waals surface area contributed by atoms with Crippen molar-refractivity contribution in [3.63, 3.8) is 0 Å². The summed E-state index contributed by atoms with van der Waals surface area (Å²) in [5, 5.41) is 4.33. The van der Waals surface area contributed by atoms with E-state index in [4.69, 9.17) is 39.5 Å². The highest BCUT2D eigenvalue weighted by atomic mass is 79.9. The molecule has 0 fully saturated rings. The summed E-state index contributed by atoms with van der Waals surface area (Å²) >= 11 is 21.6. The minimum absolute atomic E-state index is 0.151. The van der Waals surface area contributed by atoms with Gasteiger partial charge in [-0.25, -0.2) is 0 Å². The Bertz CT molecular complexity index is 927. The third-order valence-electron chi connectivity index (χ3n) is 4.54. The number of halogens is 4. The van der Waals surface area contributed by atoms with Crippen LogP contribution in [0, 0.1) is 0 Å². The topological polar surface area (TPSA) is 58.6 Å². The van der Waals surface area contributed by atoms with E-state index < -0.39 is 6.04 Å². The van der Waals surface area contributed by atoms with Crippen molar-refractivity contribution in [3.8, 4) is 5.75 Å². The molecule has 0 bridgehead atoms. The largest absolute Gasteiger partial charge is 0.483 e. The van der Waals surface area contributed by atoms with Crippen molar-refractivity contribution >= 4 is 62.5 Å². The summed E-state index contributed by atoms with van der Waals surface area (Å²) in [5.41, 5.74) is 0.689. The van der Waals surface area contributed by atoms with E-state index in [1.165, 1.54) is 4.90 Å². The van der Waals surface area contributed by atoms with E-state index in [0.29, 0.717) is 43.8 Å². The van der Waals surface area contributed by atoms with Gasteiger partial charge < -0.3 is 15.0 Å². The van der Waals surface area contributed by atoms with Crippen LogP contribution in [0.25, 0.3) is 0 Å². The maximum atomic E-state index is 13.2. The van der Waals surface area contributed by atoms with Gasteiger partial charge in [-0.2, -0.15) is 0 Å². The van der Waals surface area contributed by atoms with Gasteiger partial charge >= 0.3 is 0 Å². The lowest BCUT2D eigenvalue weighted by Crippen LogP contribution is -2.50. The minimum atomic E-state index is -0.664. The quantitative estimate of drug-likeness (QED) is 0.388. The Morgan fingerprint density at radius 2 is 1.77 bits per heavy atom. The van der Waals surface area contributed by atoms with Crippen LogP contribution in [-0.4, -0.2) is 35.9 Å². The fourth-order valence-corrected chi connectivity index (χ4v) is 4.20. The number of nitrogens with one attached hydrogen (secondary N) is 1. The van der Waals surface area contributed by atoms with Crippen LogP contribution in [0.4, 0.5) is 0 Å². The number of carbonyl (C=O) groups is 2. The van der Waals surface area contributed by atoms with E-state index in [0.717, 1.165) is 6.42 Å². The van der Waals surface area contributed by atoms with E-state index in [-0.39, 0.29) is 25.0 Å². The van der Waals surface area contributed by atoms with Gasteiger partial charge in [-0.1, -0.05) is 54.7 Å². The second kappa shape index (κ2) is 12.5. The summed E-state index contributed by atoms with van der Waals surface area (Å²) in [7, 11) is 0. The Labute approximate surface area is 206 Å². The van der Waals surface area contributed by atoms with E-state index in [1.54, 1.807) is 36.4 Å². The van der Waals surface area contributed by atoms with Crippen molar-refractivity contribution in [2.24, 2.45) is 0 Å². The molecule has 0 aliphatic rings. The molecule has 1 N–H and O–H groups in total. The molecule has 168 valence electrons. The average molecular weight is 551 g/mol. The Morgan fingerprint density at radius 3 is 2.39 bits per heavy atom. The lowest BCUT2D eigenvalue weighted by Gasteiger charge is -2.31. The highest BCUT2D eigenvalue weighted by Gasteiger charge is 2.29. The van der Waals surface area contributed by atoms with Crippen molar-refractivity contribution in [3.05, 3.63) is 61.5 Å². The summed E-state index contributed by atoms with van der Waals surface area (Å²) in [6.45, 7) is 4.26. The second-order valence-corrected chi connectivity index (χ2v) is 8.97. The molecule has 9 heteroatoms. The first-order chi connectivity index (χ1) is 14.8. The average Bonchev–Trinajstić information content (AvgIpc) is 2.72. The van der Waals surface area contributed by atoms with Crippen LogP contribution in [0.1, 0.15) is 32.3 Å². The van der Waals surface area contributed by atoms with E-state index in [9.17, 15) is 9.59 Å². The fourth-order valence-electron chi connectivity index (χ4n) is 2.93. The molecule has 5 nitrogen and oxygen atoms in total. The summed E-state index contributed by atoms with van der Waals surface area (Å²) in [6, 6.07) is 9.42. The van der Waals surface area contributed by atoms with Gasteiger partial charge in [-0.3, -0.25) is 9.59 Å². The fraction of sp³-hybridized carbons (Fsp3) is 0.364. The molecular weight excluding hydrogens is 527 g/mol. The van der Waals surface area contributed by atoms with Crippen molar-refractivity contribution in [1.82, 2.24) is 10.2 Å². The molecule has 0 aliphatic carbocycles. The van der Waals surface area contributed by atoms with Gasteiger partial charge in [0.15, 0.2) is 6.61 Å². The number of ether oxygens (including phenoxy) is 1. The Balaban J connectivity index is 2.25. The molecular formula is C22H24BrCl3N2O3. The van der Waals surface area contributed by atoms with Crippen LogP contribution in [0.15, 0.2) is 40.9 Å². The van der Waals surface area contributed by atoms with E-state index >= 15 is 0 Å². The van der Waals surface area contributed by atoms with Gasteiger partial charge in [0, 0.05) is 28.2 Å². The first-order valence-electron chi connectivity index (χ1n) is 9.85. The molecule has 0 saturated heterocycles. The van der Waals surface area contributed by atoms with Gasteiger partial charge in [-0.05, 0) is 64.7 Å². The van der Waals surface area contributed by atoms with Crippen LogP contribution < -0.4 is 10.1 Å². The Hall–Kier alpha value is -1.47. The van der Waals surface area contributed by atoms with Crippen LogP contribution in [0.3, 0.4) is 0 Å².